The van der Waals surface area contributed by atoms with E-state index in [9.17, 15) is 18.0 Å². The van der Waals surface area contributed by atoms with Crippen LogP contribution >= 0.6 is 0 Å². The SMILES string of the molecule is CC(C)(C)OC(=O)N1CCNC(C)(C(F)(F)F)C1. The van der Waals surface area contributed by atoms with E-state index in [1.165, 1.54) is 0 Å². The van der Waals surface area contributed by atoms with Crippen molar-refractivity contribution in [3.8, 4) is 0 Å². The smallest absolute Gasteiger partial charge is 0.410 e. The molecule has 0 aromatic heterocycles. The monoisotopic (exact) mass is 268 g/mol. The summed E-state index contributed by atoms with van der Waals surface area (Å²) in [5.74, 6) is 0. The molecule has 1 unspecified atom stereocenters. The van der Waals surface area contributed by atoms with Gasteiger partial charge in [0.05, 0.1) is 6.54 Å². The number of rotatable bonds is 0. The summed E-state index contributed by atoms with van der Waals surface area (Å²) in [6.07, 6.45) is -5.12. The first-order valence-electron chi connectivity index (χ1n) is 5.74. The summed E-state index contributed by atoms with van der Waals surface area (Å²) in [6.45, 7) is 5.94. The van der Waals surface area contributed by atoms with Crippen molar-refractivity contribution in [2.24, 2.45) is 0 Å². The van der Waals surface area contributed by atoms with Crippen LogP contribution < -0.4 is 5.32 Å². The quantitative estimate of drug-likeness (QED) is 0.732. The molecule has 1 rings (SSSR count). The molecule has 1 atom stereocenters. The van der Waals surface area contributed by atoms with Gasteiger partial charge in [-0.25, -0.2) is 4.79 Å². The number of ether oxygens (including phenoxy) is 1. The molecule has 0 spiro atoms. The molecular weight excluding hydrogens is 249 g/mol. The number of hydrogen-bond acceptors (Lipinski definition) is 3. The third-order valence-corrected chi connectivity index (χ3v) is 2.68. The van der Waals surface area contributed by atoms with E-state index in [1.807, 2.05) is 0 Å². The van der Waals surface area contributed by atoms with Crippen molar-refractivity contribution in [3.05, 3.63) is 0 Å². The molecule has 1 aliphatic rings. The number of halogens is 3. The fraction of sp³-hybridized carbons (Fsp3) is 0.909. The highest BCUT2D eigenvalue weighted by atomic mass is 19.4. The lowest BCUT2D eigenvalue weighted by Gasteiger charge is -2.42. The Morgan fingerprint density at radius 1 is 1.33 bits per heavy atom. The molecule has 1 amide bonds. The Balaban J connectivity index is 2.73. The fourth-order valence-electron chi connectivity index (χ4n) is 1.66. The first-order valence-corrected chi connectivity index (χ1v) is 5.74. The molecule has 1 N–H and O–H groups in total. The van der Waals surface area contributed by atoms with E-state index in [0.29, 0.717) is 0 Å². The molecule has 0 radical (unpaired) electrons. The van der Waals surface area contributed by atoms with Gasteiger partial charge in [-0.05, 0) is 27.7 Å². The molecule has 4 nitrogen and oxygen atoms in total. The van der Waals surface area contributed by atoms with Crippen LogP contribution in [0.5, 0.6) is 0 Å². The summed E-state index contributed by atoms with van der Waals surface area (Å²) < 4.78 is 43.7. The fourth-order valence-corrected chi connectivity index (χ4v) is 1.66. The first kappa shape index (κ1) is 15.1. The summed E-state index contributed by atoms with van der Waals surface area (Å²) in [6, 6.07) is 0. The van der Waals surface area contributed by atoms with Gasteiger partial charge in [-0.1, -0.05) is 0 Å². The lowest BCUT2D eigenvalue weighted by atomic mass is 9.99. The maximum Gasteiger partial charge on any atom is 0.410 e. The largest absolute Gasteiger partial charge is 0.444 e. The third-order valence-electron chi connectivity index (χ3n) is 2.68. The standard InChI is InChI=1S/C11H19F3N2O2/c1-9(2,3)18-8(17)16-6-5-15-10(4,7-16)11(12,13)14/h15H,5-7H2,1-4H3. The van der Waals surface area contributed by atoms with Crippen LogP contribution in [0.3, 0.4) is 0 Å². The van der Waals surface area contributed by atoms with Crippen LogP contribution in [-0.2, 0) is 4.74 Å². The third kappa shape index (κ3) is 3.51. The van der Waals surface area contributed by atoms with E-state index in [0.717, 1.165) is 11.8 Å². The topological polar surface area (TPSA) is 41.6 Å². The molecule has 1 heterocycles. The van der Waals surface area contributed by atoms with Crippen LogP contribution in [0.25, 0.3) is 0 Å². The van der Waals surface area contributed by atoms with E-state index in [2.05, 4.69) is 5.32 Å². The van der Waals surface area contributed by atoms with Gasteiger partial charge >= 0.3 is 12.3 Å². The minimum absolute atomic E-state index is 0.0925. The van der Waals surface area contributed by atoms with Gasteiger partial charge in [-0.3, -0.25) is 0 Å². The lowest BCUT2D eigenvalue weighted by Crippen LogP contribution is -2.66. The molecule has 18 heavy (non-hydrogen) atoms. The molecule has 1 saturated heterocycles. The van der Waals surface area contributed by atoms with Crippen LogP contribution in [0, 0.1) is 0 Å². The van der Waals surface area contributed by atoms with Crippen LogP contribution in [-0.4, -0.2) is 47.9 Å². The highest BCUT2D eigenvalue weighted by Crippen LogP contribution is 2.32. The Hall–Kier alpha value is -0.980. The molecule has 1 fully saturated rings. The van der Waals surface area contributed by atoms with E-state index in [4.69, 9.17) is 4.74 Å². The van der Waals surface area contributed by atoms with Gasteiger partial charge in [0.1, 0.15) is 11.1 Å². The number of carbonyl (C=O) groups is 1. The second kappa shape index (κ2) is 4.60. The number of nitrogens with zero attached hydrogens (tertiary/aromatic N) is 1. The maximum absolute atomic E-state index is 12.9. The number of alkyl halides is 3. The van der Waals surface area contributed by atoms with Crippen LogP contribution in [0.4, 0.5) is 18.0 Å². The molecule has 1 aliphatic heterocycles. The van der Waals surface area contributed by atoms with Gasteiger partial charge in [0.25, 0.3) is 0 Å². The average Bonchev–Trinajstić information content (AvgIpc) is 2.13. The van der Waals surface area contributed by atoms with Crippen molar-refractivity contribution in [3.63, 3.8) is 0 Å². The van der Waals surface area contributed by atoms with Gasteiger partial charge in [0, 0.05) is 13.1 Å². The number of hydrogen-bond donors (Lipinski definition) is 1. The van der Waals surface area contributed by atoms with Crippen LogP contribution in [0.2, 0.25) is 0 Å². The summed E-state index contributed by atoms with van der Waals surface area (Å²) >= 11 is 0. The van der Waals surface area contributed by atoms with Gasteiger partial charge in [0.2, 0.25) is 0 Å². The zero-order valence-corrected chi connectivity index (χ0v) is 11.0. The van der Waals surface area contributed by atoms with Crippen molar-refractivity contribution >= 4 is 6.09 Å². The summed E-state index contributed by atoms with van der Waals surface area (Å²) in [5, 5.41) is 2.41. The van der Waals surface area contributed by atoms with Gasteiger partial charge in [-0.15, -0.1) is 0 Å². The van der Waals surface area contributed by atoms with Crippen molar-refractivity contribution in [1.29, 1.82) is 0 Å². The predicted molar refractivity (Wildman–Crippen MR) is 60.3 cm³/mol. The molecule has 0 aliphatic carbocycles. The summed E-state index contributed by atoms with van der Waals surface area (Å²) in [7, 11) is 0. The molecule has 0 bridgehead atoms. The second-order valence-corrected chi connectivity index (χ2v) is 5.66. The number of nitrogens with one attached hydrogen (secondary N) is 1. The Labute approximate surface area is 104 Å². The molecule has 106 valence electrons. The molecule has 7 heteroatoms. The molecule has 0 aromatic carbocycles. The number of piperazine rings is 1. The summed E-state index contributed by atoms with van der Waals surface area (Å²) in [4.78, 5) is 12.8. The lowest BCUT2D eigenvalue weighted by molar-refractivity contribution is -0.200. The zero-order valence-electron chi connectivity index (χ0n) is 11.0. The summed E-state index contributed by atoms with van der Waals surface area (Å²) in [5.41, 5.74) is -2.79. The average molecular weight is 268 g/mol. The van der Waals surface area contributed by atoms with E-state index < -0.39 is 30.0 Å². The minimum atomic E-state index is -4.41. The molecule has 0 saturated carbocycles. The van der Waals surface area contributed by atoms with E-state index >= 15 is 0 Å². The Kier molecular flexibility index (Phi) is 3.86. The highest BCUT2D eigenvalue weighted by molar-refractivity contribution is 5.68. The van der Waals surface area contributed by atoms with Crippen molar-refractivity contribution in [2.45, 2.75) is 45.0 Å². The Bertz CT molecular complexity index is 325. The highest BCUT2D eigenvalue weighted by Gasteiger charge is 2.54. The molecular formula is C11H19F3N2O2. The Morgan fingerprint density at radius 3 is 2.33 bits per heavy atom. The maximum atomic E-state index is 12.9. The number of amides is 1. The Morgan fingerprint density at radius 2 is 1.89 bits per heavy atom. The normalized spacial score (nSPS) is 26.1. The van der Waals surface area contributed by atoms with Crippen molar-refractivity contribution in [1.82, 2.24) is 10.2 Å². The van der Waals surface area contributed by atoms with Crippen molar-refractivity contribution in [2.75, 3.05) is 19.6 Å². The van der Waals surface area contributed by atoms with Crippen molar-refractivity contribution < 1.29 is 22.7 Å². The first-order chi connectivity index (χ1) is 7.95. The van der Waals surface area contributed by atoms with Gasteiger partial charge in [-0.2, -0.15) is 13.2 Å². The van der Waals surface area contributed by atoms with E-state index in [1.54, 1.807) is 20.8 Å². The number of carbonyl (C=O) groups excluding carboxylic acids is 1. The minimum Gasteiger partial charge on any atom is -0.444 e. The second-order valence-electron chi connectivity index (χ2n) is 5.66. The van der Waals surface area contributed by atoms with E-state index in [-0.39, 0.29) is 13.1 Å². The van der Waals surface area contributed by atoms with Gasteiger partial charge in [0.15, 0.2) is 0 Å². The van der Waals surface area contributed by atoms with Gasteiger partial charge < -0.3 is 15.0 Å². The van der Waals surface area contributed by atoms with Crippen LogP contribution in [0.15, 0.2) is 0 Å². The van der Waals surface area contributed by atoms with Crippen LogP contribution in [0.1, 0.15) is 27.7 Å². The molecule has 0 aromatic rings. The predicted octanol–water partition coefficient (Wildman–Crippen LogP) is 2.15. The zero-order chi connectivity index (χ0) is 14.2.